The molecule has 5 rings (SSSR count). The van der Waals surface area contributed by atoms with Crippen LogP contribution in [0.1, 0.15) is 11.4 Å². The third-order valence-electron chi connectivity index (χ3n) is 4.69. The van der Waals surface area contributed by atoms with E-state index in [1.54, 1.807) is 6.20 Å². The molecule has 0 saturated heterocycles. The number of hydrogen-bond donors (Lipinski definition) is 2. The number of nitrogen functional groups attached to an aromatic ring is 1. The van der Waals surface area contributed by atoms with Crippen molar-refractivity contribution in [3.05, 3.63) is 72.2 Å². The minimum Gasteiger partial charge on any atom is -0.382 e. The van der Waals surface area contributed by atoms with Crippen molar-refractivity contribution in [2.75, 3.05) is 11.1 Å². The highest BCUT2D eigenvalue weighted by Crippen LogP contribution is 2.31. The number of nitrogens with one attached hydrogen (secondary N) is 1. The first-order chi connectivity index (χ1) is 15.1. The molecule has 5 aromatic rings. The molecule has 0 radical (unpaired) electrons. The average molecular weight is 424 g/mol. The highest BCUT2D eigenvalue weighted by atomic mass is 32.1. The summed E-state index contributed by atoms with van der Waals surface area (Å²) in [7, 11) is 0. The SMILES string of the molecule is Cc1nccc(-c2cccc(Nc3nn(-c4nc5ccccc5s4)c(N)c3C#N)c2)n1. The summed E-state index contributed by atoms with van der Waals surface area (Å²) in [6, 6.07) is 19.5. The smallest absolute Gasteiger partial charge is 0.213 e. The summed E-state index contributed by atoms with van der Waals surface area (Å²) in [5, 5.41) is 18.0. The molecule has 9 heteroatoms. The molecule has 0 aliphatic rings. The lowest BCUT2D eigenvalue weighted by Crippen LogP contribution is -2.01. The van der Waals surface area contributed by atoms with E-state index in [0.717, 1.165) is 27.2 Å². The largest absolute Gasteiger partial charge is 0.382 e. The molecule has 3 aromatic heterocycles. The van der Waals surface area contributed by atoms with Crippen LogP contribution in [0.15, 0.2) is 60.8 Å². The van der Waals surface area contributed by atoms with E-state index < -0.39 is 0 Å². The average Bonchev–Trinajstić information content (AvgIpc) is 3.34. The number of rotatable bonds is 4. The lowest BCUT2D eigenvalue weighted by Gasteiger charge is -2.07. The zero-order valence-corrected chi connectivity index (χ0v) is 17.3. The molecule has 3 heterocycles. The summed E-state index contributed by atoms with van der Waals surface area (Å²) in [6.45, 7) is 1.85. The third kappa shape index (κ3) is 3.45. The van der Waals surface area contributed by atoms with Crippen molar-refractivity contribution in [3.8, 4) is 22.5 Å². The van der Waals surface area contributed by atoms with Gasteiger partial charge < -0.3 is 11.1 Å². The first-order valence-electron chi connectivity index (χ1n) is 9.44. The number of nitrogens with two attached hydrogens (primary N) is 1. The highest BCUT2D eigenvalue weighted by molar-refractivity contribution is 7.20. The first-order valence-corrected chi connectivity index (χ1v) is 10.3. The van der Waals surface area contributed by atoms with Crippen LogP contribution >= 0.6 is 11.3 Å². The van der Waals surface area contributed by atoms with Crippen molar-refractivity contribution in [1.29, 1.82) is 5.26 Å². The molecule has 0 atom stereocenters. The zero-order valence-electron chi connectivity index (χ0n) is 16.4. The van der Waals surface area contributed by atoms with Crippen LogP contribution in [0.4, 0.5) is 17.3 Å². The predicted molar refractivity (Wildman–Crippen MR) is 121 cm³/mol. The van der Waals surface area contributed by atoms with Gasteiger partial charge in [-0.1, -0.05) is 35.6 Å². The molecule has 31 heavy (non-hydrogen) atoms. The molecule has 0 saturated carbocycles. The molecule has 0 unspecified atom stereocenters. The summed E-state index contributed by atoms with van der Waals surface area (Å²) in [5.41, 5.74) is 9.88. The quantitative estimate of drug-likeness (QED) is 0.438. The fraction of sp³-hybridized carbons (Fsp3) is 0.0455. The zero-order chi connectivity index (χ0) is 21.4. The molecule has 8 nitrogen and oxygen atoms in total. The third-order valence-corrected chi connectivity index (χ3v) is 5.71. The van der Waals surface area contributed by atoms with Crippen LogP contribution in [0.3, 0.4) is 0 Å². The summed E-state index contributed by atoms with van der Waals surface area (Å²) in [4.78, 5) is 13.2. The van der Waals surface area contributed by atoms with Crippen LogP contribution in [-0.2, 0) is 0 Å². The van der Waals surface area contributed by atoms with Crippen LogP contribution in [0.25, 0.3) is 26.6 Å². The number of fused-ring (bicyclic) bond motifs is 1. The fourth-order valence-corrected chi connectivity index (χ4v) is 4.17. The van der Waals surface area contributed by atoms with Gasteiger partial charge in [0.05, 0.1) is 15.9 Å². The van der Waals surface area contributed by atoms with Crippen molar-refractivity contribution in [1.82, 2.24) is 24.7 Å². The van der Waals surface area contributed by atoms with E-state index in [0.29, 0.717) is 16.8 Å². The van der Waals surface area contributed by atoms with Gasteiger partial charge in [0, 0.05) is 17.4 Å². The Balaban J connectivity index is 1.52. The van der Waals surface area contributed by atoms with E-state index in [9.17, 15) is 5.26 Å². The van der Waals surface area contributed by atoms with Crippen molar-refractivity contribution in [2.45, 2.75) is 6.92 Å². The highest BCUT2D eigenvalue weighted by Gasteiger charge is 2.19. The van der Waals surface area contributed by atoms with Crippen LogP contribution in [0.2, 0.25) is 0 Å². The normalized spacial score (nSPS) is 10.8. The number of para-hydroxylation sites is 1. The molecular weight excluding hydrogens is 408 g/mol. The standard InChI is InChI=1S/C22H16N8S/c1-13-25-10-9-17(26-13)14-5-4-6-15(11-14)27-21-16(12-23)20(24)30(29-21)22-28-18-7-2-3-8-19(18)31-22/h2-11H,24H2,1H3,(H,27,29). The number of hydrogen-bond acceptors (Lipinski definition) is 8. The topological polar surface area (TPSA) is 118 Å². The van der Waals surface area contributed by atoms with Gasteiger partial charge in [0.2, 0.25) is 5.13 Å². The number of benzene rings is 2. The molecule has 0 bridgehead atoms. The Morgan fingerprint density at radius 2 is 1.97 bits per heavy atom. The maximum absolute atomic E-state index is 9.68. The van der Waals surface area contributed by atoms with Gasteiger partial charge in [-0.3, -0.25) is 0 Å². The Hall–Kier alpha value is -4.29. The van der Waals surface area contributed by atoms with E-state index >= 15 is 0 Å². The number of nitrogens with zero attached hydrogens (tertiary/aromatic N) is 6. The van der Waals surface area contributed by atoms with Gasteiger partial charge >= 0.3 is 0 Å². The summed E-state index contributed by atoms with van der Waals surface area (Å²) < 4.78 is 2.52. The lowest BCUT2D eigenvalue weighted by atomic mass is 10.1. The van der Waals surface area contributed by atoms with E-state index in [4.69, 9.17) is 5.73 Å². The number of anilines is 3. The Morgan fingerprint density at radius 3 is 2.77 bits per heavy atom. The Bertz CT molecular complexity index is 1430. The summed E-state index contributed by atoms with van der Waals surface area (Å²) in [5.74, 6) is 1.31. The minimum absolute atomic E-state index is 0.242. The second-order valence-corrected chi connectivity index (χ2v) is 7.80. The van der Waals surface area contributed by atoms with E-state index in [-0.39, 0.29) is 11.4 Å². The van der Waals surface area contributed by atoms with Gasteiger partial charge in [0.1, 0.15) is 23.3 Å². The van der Waals surface area contributed by atoms with Crippen LogP contribution in [0, 0.1) is 18.3 Å². The van der Waals surface area contributed by atoms with E-state index in [2.05, 4.69) is 31.4 Å². The van der Waals surface area contributed by atoms with Gasteiger partial charge in [-0.15, -0.1) is 5.10 Å². The second kappa shape index (κ2) is 7.51. The molecule has 0 spiro atoms. The van der Waals surface area contributed by atoms with Gasteiger partial charge in [-0.05, 0) is 37.3 Å². The Labute approximate surface area is 181 Å². The van der Waals surface area contributed by atoms with Crippen LogP contribution < -0.4 is 11.1 Å². The molecule has 2 aromatic carbocycles. The van der Waals surface area contributed by atoms with Gasteiger partial charge in [-0.25, -0.2) is 15.0 Å². The van der Waals surface area contributed by atoms with Gasteiger partial charge in [-0.2, -0.15) is 9.94 Å². The maximum atomic E-state index is 9.68. The fourth-order valence-electron chi connectivity index (χ4n) is 3.24. The number of aromatic nitrogens is 5. The van der Waals surface area contributed by atoms with Gasteiger partial charge in [0.25, 0.3) is 0 Å². The Morgan fingerprint density at radius 1 is 1.10 bits per heavy atom. The first kappa shape index (κ1) is 18.7. The van der Waals surface area contributed by atoms with Crippen LogP contribution in [-0.4, -0.2) is 24.7 Å². The lowest BCUT2D eigenvalue weighted by molar-refractivity contribution is 0.887. The number of aryl methyl sites for hydroxylation is 1. The van der Waals surface area contributed by atoms with Crippen LogP contribution in [0.5, 0.6) is 0 Å². The van der Waals surface area contributed by atoms with Crippen molar-refractivity contribution in [2.24, 2.45) is 0 Å². The Kier molecular flexibility index (Phi) is 4.54. The minimum atomic E-state index is 0.242. The predicted octanol–water partition coefficient (Wildman–Crippen LogP) is 4.44. The van der Waals surface area contributed by atoms with E-state index in [1.165, 1.54) is 16.0 Å². The molecule has 0 aliphatic carbocycles. The van der Waals surface area contributed by atoms with E-state index in [1.807, 2.05) is 61.5 Å². The second-order valence-electron chi connectivity index (χ2n) is 6.79. The monoisotopic (exact) mass is 424 g/mol. The summed E-state index contributed by atoms with van der Waals surface area (Å²) >= 11 is 1.46. The number of thiazole rings is 1. The molecule has 150 valence electrons. The molecule has 0 fully saturated rings. The van der Waals surface area contributed by atoms with Gasteiger partial charge in [0.15, 0.2) is 5.82 Å². The molecule has 0 amide bonds. The van der Waals surface area contributed by atoms with Crippen molar-refractivity contribution < 1.29 is 0 Å². The summed E-state index contributed by atoms with van der Waals surface area (Å²) in [6.07, 6.45) is 1.73. The maximum Gasteiger partial charge on any atom is 0.213 e. The molecular formula is C22H16N8S. The number of nitriles is 1. The van der Waals surface area contributed by atoms with Crippen molar-refractivity contribution in [3.63, 3.8) is 0 Å². The molecule has 0 aliphatic heterocycles. The molecule has 3 N–H and O–H groups in total. The van der Waals surface area contributed by atoms with Crippen molar-refractivity contribution >= 4 is 38.9 Å².